The number of hydrogen-bond acceptors (Lipinski definition) is 3. The summed E-state index contributed by atoms with van der Waals surface area (Å²) in [5, 5.41) is 4.91. The molecule has 2 aromatic carbocycles. The molecule has 2 aromatic rings. The molecule has 0 saturated carbocycles. The van der Waals surface area contributed by atoms with Crippen LogP contribution in [0.4, 0.5) is 10.5 Å². The molecule has 0 aliphatic heterocycles. The maximum atomic E-state index is 12.1. The number of benzene rings is 2. The predicted molar refractivity (Wildman–Crippen MR) is 82.2 cm³/mol. The Morgan fingerprint density at radius 3 is 2.62 bits per heavy atom. The van der Waals surface area contributed by atoms with E-state index in [0.717, 1.165) is 16.5 Å². The summed E-state index contributed by atoms with van der Waals surface area (Å²) in [6.45, 7) is 0.309. The van der Waals surface area contributed by atoms with Crippen LogP contribution in [0.1, 0.15) is 6.42 Å². The Bertz CT molecular complexity index is 650. The molecule has 0 unspecified atom stereocenters. The number of carbonyl (C=O) groups excluding carboxylic acids is 2. The first-order valence-corrected chi connectivity index (χ1v) is 6.68. The van der Waals surface area contributed by atoms with Gasteiger partial charge in [-0.1, -0.05) is 36.4 Å². The van der Waals surface area contributed by atoms with Crippen LogP contribution in [0.5, 0.6) is 0 Å². The summed E-state index contributed by atoms with van der Waals surface area (Å²) in [6, 6.07) is 13.3. The van der Waals surface area contributed by atoms with Gasteiger partial charge in [0.05, 0.1) is 19.2 Å². The molecule has 0 fully saturated rings. The zero-order chi connectivity index (χ0) is 15.2. The van der Waals surface area contributed by atoms with Crippen molar-refractivity contribution in [3.05, 3.63) is 42.5 Å². The lowest BCUT2D eigenvalue weighted by Crippen LogP contribution is -2.33. The van der Waals surface area contributed by atoms with Gasteiger partial charge in [0.15, 0.2) is 0 Å². The van der Waals surface area contributed by atoms with Gasteiger partial charge in [-0.15, -0.1) is 0 Å². The van der Waals surface area contributed by atoms with Crippen molar-refractivity contribution in [3.63, 3.8) is 0 Å². The molecule has 1 N–H and O–H groups in total. The maximum absolute atomic E-state index is 12.1. The fraction of sp³-hybridized carbons (Fsp3) is 0.250. The van der Waals surface area contributed by atoms with E-state index in [-0.39, 0.29) is 18.4 Å². The molecule has 21 heavy (non-hydrogen) atoms. The third-order valence-corrected chi connectivity index (χ3v) is 3.26. The Morgan fingerprint density at radius 1 is 1.14 bits per heavy atom. The van der Waals surface area contributed by atoms with Gasteiger partial charge in [0.1, 0.15) is 0 Å². The van der Waals surface area contributed by atoms with E-state index in [1.165, 1.54) is 12.0 Å². The minimum atomic E-state index is -0.334. The molecule has 110 valence electrons. The van der Waals surface area contributed by atoms with Crippen LogP contribution in [-0.2, 0) is 9.53 Å². The highest BCUT2D eigenvalue weighted by Crippen LogP contribution is 2.23. The molecule has 0 atom stereocenters. The topological polar surface area (TPSA) is 58.6 Å². The highest BCUT2D eigenvalue weighted by molar-refractivity contribution is 6.01. The summed E-state index contributed by atoms with van der Waals surface area (Å²) in [6.07, 6.45) is 0.177. The second-order valence-electron chi connectivity index (χ2n) is 4.70. The average molecular weight is 286 g/mol. The average Bonchev–Trinajstić information content (AvgIpc) is 2.52. The molecule has 2 rings (SSSR count). The van der Waals surface area contributed by atoms with E-state index in [1.54, 1.807) is 7.05 Å². The molecule has 0 radical (unpaired) electrons. The number of amides is 2. The Balaban J connectivity index is 2.06. The van der Waals surface area contributed by atoms with Crippen molar-refractivity contribution in [1.29, 1.82) is 0 Å². The molecule has 0 heterocycles. The summed E-state index contributed by atoms with van der Waals surface area (Å²) >= 11 is 0. The van der Waals surface area contributed by atoms with Gasteiger partial charge >= 0.3 is 12.0 Å². The quantitative estimate of drug-likeness (QED) is 0.879. The molecule has 0 spiro atoms. The summed E-state index contributed by atoms with van der Waals surface area (Å²) in [5.41, 5.74) is 0.753. The molecule has 0 aliphatic rings. The number of fused-ring (bicyclic) bond motifs is 1. The van der Waals surface area contributed by atoms with Crippen molar-refractivity contribution < 1.29 is 14.3 Å². The van der Waals surface area contributed by atoms with Crippen LogP contribution in [0, 0.1) is 0 Å². The molecular formula is C16H18N2O3. The number of carbonyl (C=O) groups is 2. The zero-order valence-electron chi connectivity index (χ0n) is 12.1. The molecule has 2 amide bonds. The summed E-state index contributed by atoms with van der Waals surface area (Å²) in [5.74, 6) is -0.334. The van der Waals surface area contributed by atoms with Crippen molar-refractivity contribution in [2.24, 2.45) is 0 Å². The molecule has 5 heteroatoms. The zero-order valence-corrected chi connectivity index (χ0v) is 12.1. The fourth-order valence-electron chi connectivity index (χ4n) is 2.01. The van der Waals surface area contributed by atoms with Crippen LogP contribution in [0.2, 0.25) is 0 Å². The molecule has 0 aromatic heterocycles. The highest BCUT2D eigenvalue weighted by atomic mass is 16.5. The van der Waals surface area contributed by atoms with Gasteiger partial charge < -0.3 is 15.0 Å². The van der Waals surface area contributed by atoms with Crippen molar-refractivity contribution in [3.8, 4) is 0 Å². The van der Waals surface area contributed by atoms with Crippen LogP contribution < -0.4 is 5.32 Å². The number of nitrogens with one attached hydrogen (secondary N) is 1. The van der Waals surface area contributed by atoms with Crippen molar-refractivity contribution in [2.75, 3.05) is 26.0 Å². The first-order valence-electron chi connectivity index (χ1n) is 6.68. The molecule has 0 bridgehead atoms. The largest absolute Gasteiger partial charge is 0.469 e. The van der Waals surface area contributed by atoms with Crippen molar-refractivity contribution in [1.82, 2.24) is 4.90 Å². The van der Waals surface area contributed by atoms with Gasteiger partial charge in [0, 0.05) is 19.0 Å². The number of hydrogen-bond donors (Lipinski definition) is 1. The SMILES string of the molecule is COC(=O)CCN(C)C(=O)Nc1cccc2ccccc12. The third kappa shape index (κ3) is 3.72. The van der Waals surface area contributed by atoms with Crippen molar-refractivity contribution >= 4 is 28.5 Å². The van der Waals surface area contributed by atoms with Gasteiger partial charge in [0.25, 0.3) is 0 Å². The smallest absolute Gasteiger partial charge is 0.321 e. The van der Waals surface area contributed by atoms with Crippen LogP contribution in [0.3, 0.4) is 0 Å². The fourth-order valence-corrected chi connectivity index (χ4v) is 2.01. The van der Waals surface area contributed by atoms with E-state index in [1.807, 2.05) is 42.5 Å². The first kappa shape index (κ1) is 14.8. The molecule has 0 saturated heterocycles. The van der Waals surface area contributed by atoms with Gasteiger partial charge in [-0.05, 0) is 11.5 Å². The Labute approximate surface area is 123 Å². The number of methoxy groups -OCH3 is 1. The van der Waals surface area contributed by atoms with E-state index in [0.29, 0.717) is 6.54 Å². The monoisotopic (exact) mass is 286 g/mol. The molecule has 5 nitrogen and oxygen atoms in total. The first-order chi connectivity index (χ1) is 10.1. The summed E-state index contributed by atoms with van der Waals surface area (Å²) in [7, 11) is 2.97. The lowest BCUT2D eigenvalue weighted by atomic mass is 10.1. The van der Waals surface area contributed by atoms with Crippen LogP contribution in [0.15, 0.2) is 42.5 Å². The van der Waals surface area contributed by atoms with Crippen LogP contribution in [-0.4, -0.2) is 37.6 Å². The summed E-state index contributed by atoms with van der Waals surface area (Å²) < 4.78 is 4.56. The number of esters is 1. The van der Waals surface area contributed by atoms with E-state index >= 15 is 0 Å². The Hall–Kier alpha value is -2.56. The minimum Gasteiger partial charge on any atom is -0.469 e. The predicted octanol–water partition coefficient (Wildman–Crippen LogP) is 2.87. The van der Waals surface area contributed by atoms with Gasteiger partial charge in [-0.2, -0.15) is 0 Å². The number of ether oxygens (including phenoxy) is 1. The van der Waals surface area contributed by atoms with Crippen LogP contribution in [0.25, 0.3) is 10.8 Å². The Kier molecular flexibility index (Phi) is 4.77. The number of urea groups is 1. The second-order valence-corrected chi connectivity index (χ2v) is 4.70. The van der Waals surface area contributed by atoms with E-state index < -0.39 is 0 Å². The number of anilines is 1. The normalized spacial score (nSPS) is 10.2. The highest BCUT2D eigenvalue weighted by Gasteiger charge is 2.12. The van der Waals surface area contributed by atoms with Gasteiger partial charge in [0.2, 0.25) is 0 Å². The lowest BCUT2D eigenvalue weighted by molar-refractivity contribution is -0.140. The number of rotatable bonds is 4. The molecule has 0 aliphatic carbocycles. The van der Waals surface area contributed by atoms with Crippen LogP contribution >= 0.6 is 0 Å². The second kappa shape index (κ2) is 6.74. The van der Waals surface area contributed by atoms with E-state index in [4.69, 9.17) is 0 Å². The van der Waals surface area contributed by atoms with Crippen molar-refractivity contribution in [2.45, 2.75) is 6.42 Å². The maximum Gasteiger partial charge on any atom is 0.321 e. The van der Waals surface area contributed by atoms with Gasteiger partial charge in [-0.25, -0.2) is 4.79 Å². The minimum absolute atomic E-state index is 0.177. The van der Waals surface area contributed by atoms with Gasteiger partial charge in [-0.3, -0.25) is 4.79 Å². The molecular weight excluding hydrogens is 268 g/mol. The standard InChI is InChI=1S/C16H18N2O3/c1-18(11-10-15(19)21-2)16(20)17-14-9-5-7-12-6-3-4-8-13(12)14/h3-9H,10-11H2,1-2H3,(H,17,20). The summed E-state index contributed by atoms with van der Waals surface area (Å²) in [4.78, 5) is 24.7. The Morgan fingerprint density at radius 2 is 1.86 bits per heavy atom. The van der Waals surface area contributed by atoms with E-state index in [9.17, 15) is 9.59 Å². The van der Waals surface area contributed by atoms with E-state index in [2.05, 4.69) is 10.1 Å². The third-order valence-electron chi connectivity index (χ3n) is 3.26. The number of nitrogens with zero attached hydrogens (tertiary/aromatic N) is 1. The lowest BCUT2D eigenvalue weighted by Gasteiger charge is -2.18.